The van der Waals surface area contributed by atoms with E-state index in [1.165, 1.54) is 0 Å². The molecular formula is C11H15ClN2O. The first-order valence-electron chi connectivity index (χ1n) is 5.23. The number of pyridine rings is 1. The summed E-state index contributed by atoms with van der Waals surface area (Å²) in [5.74, 6) is 0. The number of hydrogen-bond donors (Lipinski definition) is 2. The van der Waals surface area contributed by atoms with Crippen LogP contribution in [0.4, 0.5) is 0 Å². The summed E-state index contributed by atoms with van der Waals surface area (Å²) < 4.78 is 0. The Balaban J connectivity index is 2.06. The van der Waals surface area contributed by atoms with Gasteiger partial charge in [-0.1, -0.05) is 17.7 Å². The van der Waals surface area contributed by atoms with Crippen LogP contribution in [0.5, 0.6) is 0 Å². The molecular weight excluding hydrogens is 212 g/mol. The number of nitrogens with one attached hydrogen (secondary N) is 1. The normalized spacial score (nSPS) is 20.1. The molecule has 0 unspecified atom stereocenters. The Bertz CT molecular complexity index is 337. The zero-order valence-corrected chi connectivity index (χ0v) is 9.30. The maximum absolute atomic E-state index is 10.3. The van der Waals surface area contributed by atoms with Crippen molar-refractivity contribution in [3.05, 3.63) is 29.0 Å². The van der Waals surface area contributed by atoms with Gasteiger partial charge in [-0.15, -0.1) is 0 Å². The molecule has 2 rings (SSSR count). The molecule has 1 saturated heterocycles. The number of hydrogen-bond acceptors (Lipinski definition) is 3. The highest BCUT2D eigenvalue weighted by Crippen LogP contribution is 2.22. The van der Waals surface area contributed by atoms with Crippen LogP contribution in [0.15, 0.2) is 18.2 Å². The molecule has 0 aliphatic carbocycles. The molecule has 1 aromatic heterocycles. The largest absolute Gasteiger partial charge is 0.389 e. The minimum atomic E-state index is -0.608. The Hall–Kier alpha value is -0.640. The van der Waals surface area contributed by atoms with Crippen molar-refractivity contribution >= 4 is 11.6 Å². The molecule has 1 aromatic rings. The SMILES string of the molecule is OC1(Cc2cccc(Cl)n2)CCNCC1. The first kappa shape index (κ1) is 10.9. The fraction of sp³-hybridized carbons (Fsp3) is 0.545. The van der Waals surface area contributed by atoms with Crippen molar-refractivity contribution in [3.63, 3.8) is 0 Å². The van der Waals surface area contributed by atoms with E-state index in [9.17, 15) is 5.11 Å². The van der Waals surface area contributed by atoms with Crippen LogP contribution in [0.3, 0.4) is 0 Å². The third-order valence-electron chi connectivity index (χ3n) is 2.82. The number of piperidine rings is 1. The van der Waals surface area contributed by atoms with Crippen LogP contribution >= 0.6 is 11.6 Å². The minimum Gasteiger partial charge on any atom is -0.389 e. The van der Waals surface area contributed by atoms with Crippen LogP contribution in [0.1, 0.15) is 18.5 Å². The van der Waals surface area contributed by atoms with Crippen molar-refractivity contribution in [2.24, 2.45) is 0 Å². The molecule has 15 heavy (non-hydrogen) atoms. The van der Waals surface area contributed by atoms with Crippen molar-refractivity contribution in [2.75, 3.05) is 13.1 Å². The zero-order chi connectivity index (χ0) is 10.7. The zero-order valence-electron chi connectivity index (χ0n) is 8.54. The summed E-state index contributed by atoms with van der Waals surface area (Å²) in [6, 6.07) is 5.53. The van der Waals surface area contributed by atoms with Crippen molar-refractivity contribution in [2.45, 2.75) is 24.9 Å². The monoisotopic (exact) mass is 226 g/mol. The van der Waals surface area contributed by atoms with Crippen LogP contribution in [0, 0.1) is 0 Å². The molecule has 3 nitrogen and oxygen atoms in total. The average Bonchev–Trinajstić information content (AvgIpc) is 2.18. The Labute approximate surface area is 94.5 Å². The van der Waals surface area contributed by atoms with Crippen LogP contribution in [0.25, 0.3) is 0 Å². The highest BCUT2D eigenvalue weighted by molar-refractivity contribution is 6.29. The van der Waals surface area contributed by atoms with Gasteiger partial charge in [0, 0.05) is 12.1 Å². The second-order valence-corrected chi connectivity index (χ2v) is 4.49. The summed E-state index contributed by atoms with van der Waals surface area (Å²) in [5.41, 5.74) is 0.259. The van der Waals surface area contributed by atoms with Crippen LogP contribution in [-0.2, 0) is 6.42 Å². The van der Waals surface area contributed by atoms with E-state index in [0.29, 0.717) is 11.6 Å². The van der Waals surface area contributed by atoms with Gasteiger partial charge in [-0.05, 0) is 38.1 Å². The van der Waals surface area contributed by atoms with Gasteiger partial charge < -0.3 is 10.4 Å². The minimum absolute atomic E-state index is 0.491. The first-order valence-corrected chi connectivity index (χ1v) is 5.60. The molecule has 0 spiro atoms. The molecule has 1 fully saturated rings. The highest BCUT2D eigenvalue weighted by atomic mass is 35.5. The van der Waals surface area contributed by atoms with E-state index in [2.05, 4.69) is 10.3 Å². The van der Waals surface area contributed by atoms with E-state index in [4.69, 9.17) is 11.6 Å². The number of rotatable bonds is 2. The molecule has 0 atom stereocenters. The van der Waals surface area contributed by atoms with Gasteiger partial charge in [-0.2, -0.15) is 0 Å². The quantitative estimate of drug-likeness (QED) is 0.750. The van der Waals surface area contributed by atoms with E-state index >= 15 is 0 Å². The van der Waals surface area contributed by atoms with Crippen molar-refractivity contribution < 1.29 is 5.11 Å². The summed E-state index contributed by atoms with van der Waals surface area (Å²) in [5, 5.41) is 14.0. The maximum Gasteiger partial charge on any atom is 0.129 e. The standard InChI is InChI=1S/C11H15ClN2O/c12-10-3-1-2-9(14-10)8-11(15)4-6-13-7-5-11/h1-3,13,15H,4-8H2. The molecule has 0 amide bonds. The molecule has 0 bridgehead atoms. The highest BCUT2D eigenvalue weighted by Gasteiger charge is 2.29. The molecule has 0 radical (unpaired) electrons. The van der Waals surface area contributed by atoms with E-state index < -0.39 is 5.60 Å². The number of aromatic nitrogens is 1. The Kier molecular flexibility index (Phi) is 3.24. The molecule has 1 aliphatic rings. The van der Waals surface area contributed by atoms with Gasteiger partial charge in [-0.3, -0.25) is 0 Å². The molecule has 82 valence electrons. The maximum atomic E-state index is 10.3. The summed E-state index contributed by atoms with van der Waals surface area (Å²) in [6.07, 6.45) is 2.15. The number of nitrogens with zero attached hydrogens (tertiary/aromatic N) is 1. The van der Waals surface area contributed by atoms with Gasteiger partial charge in [-0.25, -0.2) is 4.98 Å². The van der Waals surface area contributed by atoms with Gasteiger partial charge in [0.05, 0.1) is 5.60 Å². The van der Waals surface area contributed by atoms with Gasteiger partial charge >= 0.3 is 0 Å². The molecule has 0 saturated carbocycles. The Morgan fingerprint density at radius 1 is 1.40 bits per heavy atom. The third kappa shape index (κ3) is 2.91. The van der Waals surface area contributed by atoms with Gasteiger partial charge in [0.15, 0.2) is 0 Å². The summed E-state index contributed by atoms with van der Waals surface area (Å²) >= 11 is 5.80. The molecule has 2 N–H and O–H groups in total. The topological polar surface area (TPSA) is 45.2 Å². The van der Waals surface area contributed by atoms with E-state index in [-0.39, 0.29) is 0 Å². The number of halogens is 1. The second-order valence-electron chi connectivity index (χ2n) is 4.10. The Morgan fingerprint density at radius 2 is 2.13 bits per heavy atom. The predicted molar refractivity (Wildman–Crippen MR) is 60.0 cm³/mol. The predicted octanol–water partition coefficient (Wildman–Crippen LogP) is 1.39. The van der Waals surface area contributed by atoms with Gasteiger partial charge in [0.2, 0.25) is 0 Å². The van der Waals surface area contributed by atoms with E-state index in [0.717, 1.165) is 31.6 Å². The van der Waals surface area contributed by atoms with Crippen LogP contribution in [0.2, 0.25) is 5.15 Å². The Morgan fingerprint density at radius 3 is 2.80 bits per heavy atom. The second kappa shape index (κ2) is 4.47. The first-order chi connectivity index (χ1) is 7.18. The van der Waals surface area contributed by atoms with Crippen molar-refractivity contribution in [1.82, 2.24) is 10.3 Å². The summed E-state index contributed by atoms with van der Waals surface area (Å²) in [6.45, 7) is 1.74. The average molecular weight is 227 g/mol. The fourth-order valence-corrected chi connectivity index (χ4v) is 2.14. The fourth-order valence-electron chi connectivity index (χ4n) is 1.95. The third-order valence-corrected chi connectivity index (χ3v) is 3.03. The molecule has 2 heterocycles. The lowest BCUT2D eigenvalue weighted by molar-refractivity contribution is 0.0100. The molecule has 1 aliphatic heterocycles. The lowest BCUT2D eigenvalue weighted by atomic mass is 9.88. The lowest BCUT2D eigenvalue weighted by Crippen LogP contribution is -2.43. The number of aliphatic hydroxyl groups is 1. The van der Waals surface area contributed by atoms with Crippen LogP contribution < -0.4 is 5.32 Å². The lowest BCUT2D eigenvalue weighted by Gasteiger charge is -2.32. The van der Waals surface area contributed by atoms with E-state index in [1.807, 2.05) is 12.1 Å². The van der Waals surface area contributed by atoms with Crippen molar-refractivity contribution in [3.8, 4) is 0 Å². The smallest absolute Gasteiger partial charge is 0.129 e. The van der Waals surface area contributed by atoms with E-state index in [1.54, 1.807) is 6.07 Å². The van der Waals surface area contributed by atoms with Gasteiger partial charge in [0.1, 0.15) is 5.15 Å². The van der Waals surface area contributed by atoms with Crippen LogP contribution in [-0.4, -0.2) is 28.8 Å². The summed E-state index contributed by atoms with van der Waals surface area (Å²) in [4.78, 5) is 4.20. The molecule has 0 aromatic carbocycles. The van der Waals surface area contributed by atoms with Crippen molar-refractivity contribution in [1.29, 1.82) is 0 Å². The molecule has 4 heteroatoms. The summed E-state index contributed by atoms with van der Waals surface area (Å²) in [7, 11) is 0. The van der Waals surface area contributed by atoms with Gasteiger partial charge in [0.25, 0.3) is 0 Å².